The second-order valence-corrected chi connectivity index (χ2v) is 3.29. The molecule has 0 heterocycles. The van der Waals surface area contributed by atoms with Gasteiger partial charge in [-0.2, -0.15) is 13.2 Å². The molecule has 6 heteroatoms. The van der Waals surface area contributed by atoms with Crippen molar-refractivity contribution in [3.63, 3.8) is 0 Å². The topological polar surface area (TPSA) is 35.5 Å². The molecule has 0 aliphatic rings. The van der Waals surface area contributed by atoms with Crippen molar-refractivity contribution >= 4 is 5.97 Å². The maximum atomic E-state index is 12.6. The standard InChI is InChI=1S/C11H11F3O3/c1-16-9-4-3-7(6-10(15)17-2)5-8(9)11(12,13)14/h3-5H,6H2,1-2H3. The van der Waals surface area contributed by atoms with Crippen molar-refractivity contribution in [2.24, 2.45) is 0 Å². The Hall–Kier alpha value is -1.72. The zero-order chi connectivity index (χ0) is 13.1. The Labute approximate surface area is 96.1 Å². The van der Waals surface area contributed by atoms with Crippen LogP contribution in [0, 0.1) is 0 Å². The van der Waals surface area contributed by atoms with Crippen LogP contribution in [0.3, 0.4) is 0 Å². The van der Waals surface area contributed by atoms with Crippen LogP contribution in [-0.2, 0) is 22.1 Å². The zero-order valence-electron chi connectivity index (χ0n) is 9.30. The van der Waals surface area contributed by atoms with Crippen molar-refractivity contribution in [3.8, 4) is 5.75 Å². The maximum absolute atomic E-state index is 12.6. The molecular formula is C11H11F3O3. The van der Waals surface area contributed by atoms with Crippen molar-refractivity contribution in [1.29, 1.82) is 0 Å². The third-order valence-corrected chi connectivity index (χ3v) is 2.15. The van der Waals surface area contributed by atoms with Gasteiger partial charge in [-0.3, -0.25) is 4.79 Å². The first-order valence-corrected chi connectivity index (χ1v) is 4.69. The molecule has 0 aliphatic carbocycles. The minimum atomic E-state index is -4.52. The van der Waals surface area contributed by atoms with Gasteiger partial charge in [0.05, 0.1) is 26.2 Å². The summed E-state index contributed by atoms with van der Waals surface area (Å²) in [5.74, 6) is -0.866. The number of hydrogen-bond donors (Lipinski definition) is 0. The van der Waals surface area contributed by atoms with E-state index in [0.29, 0.717) is 0 Å². The quantitative estimate of drug-likeness (QED) is 0.771. The molecule has 0 aromatic heterocycles. The Morgan fingerprint density at radius 2 is 1.94 bits per heavy atom. The molecule has 0 fully saturated rings. The van der Waals surface area contributed by atoms with Gasteiger partial charge in [0.25, 0.3) is 0 Å². The zero-order valence-corrected chi connectivity index (χ0v) is 9.30. The third-order valence-electron chi connectivity index (χ3n) is 2.15. The van der Waals surface area contributed by atoms with Crippen molar-refractivity contribution in [2.45, 2.75) is 12.6 Å². The number of alkyl halides is 3. The molecule has 0 unspecified atom stereocenters. The molecule has 0 spiro atoms. The summed E-state index contributed by atoms with van der Waals surface area (Å²) in [5, 5.41) is 0. The highest BCUT2D eigenvalue weighted by Crippen LogP contribution is 2.36. The summed E-state index contributed by atoms with van der Waals surface area (Å²) in [6.07, 6.45) is -4.72. The first-order valence-electron chi connectivity index (χ1n) is 4.69. The van der Waals surface area contributed by atoms with Crippen LogP contribution in [0.5, 0.6) is 5.75 Å². The Kier molecular flexibility index (Phi) is 3.98. The number of benzene rings is 1. The van der Waals surface area contributed by atoms with E-state index in [9.17, 15) is 18.0 Å². The van der Waals surface area contributed by atoms with E-state index in [4.69, 9.17) is 0 Å². The normalized spacial score (nSPS) is 11.1. The Bertz CT molecular complexity index is 413. The highest BCUT2D eigenvalue weighted by atomic mass is 19.4. The number of carbonyl (C=O) groups excluding carboxylic acids is 1. The largest absolute Gasteiger partial charge is 0.496 e. The van der Waals surface area contributed by atoms with Gasteiger partial charge in [-0.05, 0) is 17.7 Å². The summed E-state index contributed by atoms with van der Waals surface area (Å²) in [7, 11) is 2.33. The van der Waals surface area contributed by atoms with Gasteiger partial charge in [0.2, 0.25) is 0 Å². The molecule has 0 amide bonds. The predicted molar refractivity (Wildman–Crippen MR) is 53.7 cm³/mol. The smallest absolute Gasteiger partial charge is 0.419 e. The average Bonchev–Trinajstić information content (AvgIpc) is 2.27. The van der Waals surface area contributed by atoms with Crippen molar-refractivity contribution in [1.82, 2.24) is 0 Å². The third kappa shape index (κ3) is 3.37. The summed E-state index contributed by atoms with van der Waals surface area (Å²) in [6, 6.07) is 3.46. The van der Waals surface area contributed by atoms with E-state index in [-0.39, 0.29) is 17.7 Å². The van der Waals surface area contributed by atoms with Crippen LogP contribution < -0.4 is 4.74 Å². The van der Waals surface area contributed by atoms with Gasteiger partial charge in [-0.15, -0.1) is 0 Å². The molecular weight excluding hydrogens is 237 g/mol. The van der Waals surface area contributed by atoms with Gasteiger partial charge in [-0.25, -0.2) is 0 Å². The van der Waals surface area contributed by atoms with Crippen molar-refractivity contribution < 1.29 is 27.4 Å². The van der Waals surface area contributed by atoms with Crippen molar-refractivity contribution in [3.05, 3.63) is 29.3 Å². The van der Waals surface area contributed by atoms with E-state index in [1.54, 1.807) is 0 Å². The molecule has 17 heavy (non-hydrogen) atoms. The first-order chi connectivity index (χ1) is 7.88. The van der Waals surface area contributed by atoms with Crippen LogP contribution in [0.4, 0.5) is 13.2 Å². The van der Waals surface area contributed by atoms with Crippen LogP contribution in [0.15, 0.2) is 18.2 Å². The lowest BCUT2D eigenvalue weighted by atomic mass is 10.1. The van der Waals surface area contributed by atoms with Gasteiger partial charge in [0.1, 0.15) is 5.75 Å². The van der Waals surface area contributed by atoms with Crippen LogP contribution in [-0.4, -0.2) is 20.2 Å². The summed E-state index contributed by atoms with van der Waals surface area (Å²) in [5.41, 5.74) is -0.675. The first kappa shape index (κ1) is 13.3. The molecule has 94 valence electrons. The fraction of sp³-hybridized carbons (Fsp3) is 0.364. The molecule has 1 rings (SSSR count). The highest BCUT2D eigenvalue weighted by Gasteiger charge is 2.34. The lowest BCUT2D eigenvalue weighted by Crippen LogP contribution is -2.10. The highest BCUT2D eigenvalue weighted by molar-refractivity contribution is 5.72. The summed E-state index contributed by atoms with van der Waals surface area (Å²) < 4.78 is 46.9. The van der Waals surface area contributed by atoms with E-state index < -0.39 is 17.7 Å². The number of rotatable bonds is 3. The molecule has 0 N–H and O–H groups in total. The van der Waals surface area contributed by atoms with Gasteiger partial charge >= 0.3 is 12.1 Å². The van der Waals surface area contributed by atoms with E-state index in [2.05, 4.69) is 9.47 Å². The molecule has 0 aliphatic heterocycles. The lowest BCUT2D eigenvalue weighted by molar-refractivity contribution is -0.141. The van der Waals surface area contributed by atoms with Crippen LogP contribution in [0.25, 0.3) is 0 Å². The van der Waals surface area contributed by atoms with E-state index in [1.165, 1.54) is 19.2 Å². The molecule has 0 saturated carbocycles. The number of esters is 1. The average molecular weight is 248 g/mol. The Morgan fingerprint density at radius 3 is 2.41 bits per heavy atom. The van der Waals surface area contributed by atoms with E-state index >= 15 is 0 Å². The molecule has 0 bridgehead atoms. The number of methoxy groups -OCH3 is 2. The number of halogens is 3. The molecule has 0 radical (unpaired) electrons. The van der Waals surface area contributed by atoms with Crippen LogP contribution in [0.1, 0.15) is 11.1 Å². The number of ether oxygens (including phenoxy) is 2. The van der Waals surface area contributed by atoms with Crippen molar-refractivity contribution in [2.75, 3.05) is 14.2 Å². The SMILES string of the molecule is COC(=O)Cc1ccc(OC)c(C(F)(F)F)c1. The number of carbonyl (C=O) groups is 1. The van der Waals surface area contributed by atoms with Gasteiger partial charge in [0, 0.05) is 0 Å². The monoisotopic (exact) mass is 248 g/mol. The predicted octanol–water partition coefficient (Wildman–Crippen LogP) is 2.43. The summed E-state index contributed by atoms with van der Waals surface area (Å²) in [6.45, 7) is 0. The second-order valence-electron chi connectivity index (χ2n) is 3.29. The fourth-order valence-electron chi connectivity index (χ4n) is 1.33. The minimum Gasteiger partial charge on any atom is -0.496 e. The summed E-state index contributed by atoms with van der Waals surface area (Å²) >= 11 is 0. The van der Waals surface area contributed by atoms with Gasteiger partial charge in [0.15, 0.2) is 0 Å². The molecule has 1 aromatic rings. The molecule has 1 aromatic carbocycles. The minimum absolute atomic E-state index is 0.205. The van der Waals surface area contributed by atoms with E-state index in [0.717, 1.165) is 13.2 Å². The summed E-state index contributed by atoms with van der Waals surface area (Å²) in [4.78, 5) is 11.0. The fourth-order valence-corrected chi connectivity index (χ4v) is 1.33. The van der Waals surface area contributed by atoms with E-state index in [1.807, 2.05) is 0 Å². The van der Waals surface area contributed by atoms with Crippen LogP contribution >= 0.6 is 0 Å². The number of hydrogen-bond acceptors (Lipinski definition) is 3. The molecule has 0 atom stereocenters. The lowest BCUT2D eigenvalue weighted by Gasteiger charge is -2.13. The van der Waals surface area contributed by atoms with Crippen LogP contribution in [0.2, 0.25) is 0 Å². The Balaban J connectivity index is 3.09. The maximum Gasteiger partial charge on any atom is 0.419 e. The molecule has 3 nitrogen and oxygen atoms in total. The molecule has 0 saturated heterocycles. The van der Waals surface area contributed by atoms with Gasteiger partial charge in [-0.1, -0.05) is 6.07 Å². The van der Waals surface area contributed by atoms with Gasteiger partial charge < -0.3 is 9.47 Å². The second kappa shape index (κ2) is 5.07. The Morgan fingerprint density at radius 1 is 1.29 bits per heavy atom.